The van der Waals surface area contributed by atoms with Crippen molar-refractivity contribution in [1.82, 2.24) is 14.7 Å². The summed E-state index contributed by atoms with van der Waals surface area (Å²) in [5.41, 5.74) is 1.75. The van der Waals surface area contributed by atoms with E-state index >= 15 is 0 Å². The molecule has 1 atom stereocenters. The zero-order valence-electron chi connectivity index (χ0n) is 16.6. The second-order valence-electron chi connectivity index (χ2n) is 7.72. The molecule has 1 fully saturated rings. The second kappa shape index (κ2) is 7.97. The molecule has 1 aliphatic heterocycles. The monoisotopic (exact) mass is 417 g/mol. The molecule has 0 aliphatic carbocycles. The molecule has 0 radical (unpaired) electrons. The first-order chi connectivity index (χ1) is 13.8. The Bertz CT molecular complexity index is 956. The van der Waals surface area contributed by atoms with Gasteiger partial charge in [0.1, 0.15) is 17.6 Å². The maximum Gasteiger partial charge on any atom is 0.286 e. The maximum atomic E-state index is 13.7. The van der Waals surface area contributed by atoms with Crippen molar-refractivity contribution >= 4 is 11.3 Å². The fourth-order valence-corrected chi connectivity index (χ4v) is 5.00. The number of aliphatic hydroxyl groups is 1. The lowest BCUT2D eigenvalue weighted by atomic mass is 9.89. The van der Waals surface area contributed by atoms with Gasteiger partial charge in [-0.15, -0.1) is 11.3 Å². The SMILES string of the molecule is Cn1nc(-c2ccc(C(O)N3CCC(c4ccccc4)CC3)s2)cc1C(C)(F)F. The number of piperidine rings is 1. The number of aliphatic hydroxyl groups excluding tert-OH is 1. The van der Waals surface area contributed by atoms with Crippen LogP contribution in [0.2, 0.25) is 0 Å². The van der Waals surface area contributed by atoms with Crippen molar-refractivity contribution in [2.45, 2.75) is 37.8 Å². The van der Waals surface area contributed by atoms with Gasteiger partial charge in [0.05, 0.1) is 4.88 Å². The van der Waals surface area contributed by atoms with E-state index in [-0.39, 0.29) is 5.69 Å². The van der Waals surface area contributed by atoms with Crippen LogP contribution in [-0.2, 0) is 13.0 Å². The summed E-state index contributed by atoms with van der Waals surface area (Å²) in [7, 11) is 1.52. The summed E-state index contributed by atoms with van der Waals surface area (Å²) in [6, 6.07) is 15.7. The first-order valence-electron chi connectivity index (χ1n) is 9.82. The van der Waals surface area contributed by atoms with Crippen LogP contribution < -0.4 is 0 Å². The highest BCUT2D eigenvalue weighted by molar-refractivity contribution is 7.15. The fourth-order valence-electron chi connectivity index (χ4n) is 4.01. The van der Waals surface area contributed by atoms with Crippen LogP contribution >= 0.6 is 11.3 Å². The van der Waals surface area contributed by atoms with Gasteiger partial charge in [0.15, 0.2) is 0 Å². The smallest absolute Gasteiger partial charge is 0.286 e. The Morgan fingerprint density at radius 1 is 1.14 bits per heavy atom. The highest BCUT2D eigenvalue weighted by Crippen LogP contribution is 2.37. The summed E-state index contributed by atoms with van der Waals surface area (Å²) in [4.78, 5) is 3.68. The third-order valence-electron chi connectivity index (χ3n) is 5.61. The van der Waals surface area contributed by atoms with Crippen LogP contribution in [0.25, 0.3) is 10.6 Å². The van der Waals surface area contributed by atoms with E-state index in [9.17, 15) is 13.9 Å². The average molecular weight is 418 g/mol. The molecule has 0 spiro atoms. The van der Waals surface area contributed by atoms with Gasteiger partial charge in [-0.25, -0.2) is 0 Å². The summed E-state index contributed by atoms with van der Waals surface area (Å²) in [6.45, 7) is 2.52. The number of halogens is 2. The number of benzene rings is 1. The predicted octanol–water partition coefficient (Wildman–Crippen LogP) is 5.13. The Labute approximate surface area is 173 Å². The number of aromatic nitrogens is 2. The third-order valence-corrected chi connectivity index (χ3v) is 6.76. The van der Waals surface area contributed by atoms with Crippen molar-refractivity contribution in [2.24, 2.45) is 7.05 Å². The largest absolute Gasteiger partial charge is 0.373 e. The molecule has 4 nitrogen and oxygen atoms in total. The lowest BCUT2D eigenvalue weighted by Gasteiger charge is -2.34. The molecule has 1 N–H and O–H groups in total. The first-order valence-corrected chi connectivity index (χ1v) is 10.6. The minimum absolute atomic E-state index is 0.119. The average Bonchev–Trinajstić information content (AvgIpc) is 3.35. The van der Waals surface area contributed by atoms with E-state index in [0.29, 0.717) is 11.6 Å². The second-order valence-corrected chi connectivity index (χ2v) is 8.84. The Balaban J connectivity index is 1.44. The van der Waals surface area contributed by atoms with E-state index in [1.807, 2.05) is 18.2 Å². The van der Waals surface area contributed by atoms with Crippen LogP contribution in [-0.4, -0.2) is 32.9 Å². The molecule has 1 unspecified atom stereocenters. The number of thiophene rings is 1. The number of likely N-dealkylation sites (tertiary alicyclic amines) is 1. The Morgan fingerprint density at radius 2 is 1.83 bits per heavy atom. The van der Waals surface area contributed by atoms with Crippen LogP contribution in [0.15, 0.2) is 48.5 Å². The molecule has 0 bridgehead atoms. The molecule has 1 aliphatic rings. The van der Waals surface area contributed by atoms with Crippen molar-refractivity contribution in [3.8, 4) is 10.6 Å². The fraction of sp³-hybridized carbons (Fsp3) is 0.409. The summed E-state index contributed by atoms with van der Waals surface area (Å²) < 4.78 is 28.6. The van der Waals surface area contributed by atoms with Crippen LogP contribution in [0.4, 0.5) is 8.78 Å². The number of hydrogen-bond donors (Lipinski definition) is 1. The minimum atomic E-state index is -2.94. The molecule has 3 aromatic rings. The summed E-state index contributed by atoms with van der Waals surface area (Å²) in [5.74, 6) is -2.41. The van der Waals surface area contributed by atoms with Gasteiger partial charge in [-0.05, 0) is 42.5 Å². The lowest BCUT2D eigenvalue weighted by molar-refractivity contribution is -0.0106. The van der Waals surface area contributed by atoms with Gasteiger partial charge in [-0.2, -0.15) is 13.9 Å². The van der Waals surface area contributed by atoms with Gasteiger partial charge in [0, 0.05) is 31.9 Å². The van der Waals surface area contributed by atoms with Crippen LogP contribution in [0.5, 0.6) is 0 Å². The Kier molecular flexibility index (Phi) is 5.55. The molecule has 0 amide bonds. The molecular formula is C22H25F2N3OS. The van der Waals surface area contributed by atoms with Crippen LogP contribution in [0.3, 0.4) is 0 Å². The van der Waals surface area contributed by atoms with E-state index in [1.165, 1.54) is 34.7 Å². The lowest BCUT2D eigenvalue weighted by Crippen LogP contribution is -2.35. The van der Waals surface area contributed by atoms with Gasteiger partial charge in [0.25, 0.3) is 5.92 Å². The molecule has 7 heteroatoms. The number of alkyl halides is 2. The summed E-state index contributed by atoms with van der Waals surface area (Å²) in [5, 5.41) is 15.1. The van der Waals surface area contributed by atoms with Crippen molar-refractivity contribution in [1.29, 1.82) is 0 Å². The normalized spacial score (nSPS) is 17.6. The number of nitrogens with zero attached hydrogens (tertiary/aromatic N) is 3. The van der Waals surface area contributed by atoms with Gasteiger partial charge < -0.3 is 5.11 Å². The highest BCUT2D eigenvalue weighted by atomic mass is 32.1. The molecule has 2 aromatic heterocycles. The van der Waals surface area contributed by atoms with Crippen LogP contribution in [0.1, 0.15) is 48.0 Å². The summed E-state index contributed by atoms with van der Waals surface area (Å²) in [6.07, 6.45) is 1.34. The Hall–Kier alpha value is -2.09. The van der Waals surface area contributed by atoms with Gasteiger partial charge >= 0.3 is 0 Å². The Morgan fingerprint density at radius 3 is 2.45 bits per heavy atom. The molecule has 1 aromatic carbocycles. The third kappa shape index (κ3) is 4.27. The molecule has 154 valence electrons. The van der Waals surface area contributed by atoms with Gasteiger partial charge in [-0.3, -0.25) is 9.58 Å². The number of rotatable bonds is 5. The molecule has 1 saturated heterocycles. The molecule has 4 rings (SSSR count). The number of hydrogen-bond acceptors (Lipinski definition) is 4. The van der Waals surface area contributed by atoms with E-state index in [0.717, 1.165) is 42.6 Å². The highest BCUT2D eigenvalue weighted by Gasteiger charge is 2.30. The van der Waals surface area contributed by atoms with Gasteiger partial charge in [-0.1, -0.05) is 30.3 Å². The van der Waals surface area contributed by atoms with E-state index < -0.39 is 12.2 Å². The van der Waals surface area contributed by atoms with Crippen molar-refractivity contribution < 1.29 is 13.9 Å². The zero-order chi connectivity index (χ0) is 20.6. The molecule has 0 saturated carbocycles. The van der Waals surface area contributed by atoms with Gasteiger partial charge in [0.2, 0.25) is 0 Å². The molecule has 3 heterocycles. The topological polar surface area (TPSA) is 41.3 Å². The zero-order valence-corrected chi connectivity index (χ0v) is 17.4. The summed E-state index contributed by atoms with van der Waals surface area (Å²) >= 11 is 1.41. The molecular weight excluding hydrogens is 392 g/mol. The van der Waals surface area contributed by atoms with E-state index in [2.05, 4.69) is 34.3 Å². The standard InChI is InChI=1S/C22H25F2N3OS/c1-22(23,24)20-14-17(25-26(20)2)18-8-9-19(29-18)21(28)27-12-10-16(11-13-27)15-6-4-3-5-7-15/h3-9,14,16,21,28H,10-13H2,1-2H3. The minimum Gasteiger partial charge on any atom is -0.373 e. The number of aryl methyl sites for hydroxylation is 1. The van der Waals surface area contributed by atoms with Crippen LogP contribution in [0, 0.1) is 0 Å². The van der Waals surface area contributed by atoms with Crippen molar-refractivity contribution in [3.63, 3.8) is 0 Å². The first kappa shape index (κ1) is 20.2. The van der Waals surface area contributed by atoms with E-state index in [1.54, 1.807) is 0 Å². The van der Waals surface area contributed by atoms with Crippen molar-refractivity contribution in [3.05, 3.63) is 64.7 Å². The van der Waals surface area contributed by atoms with E-state index in [4.69, 9.17) is 0 Å². The van der Waals surface area contributed by atoms with Crippen molar-refractivity contribution in [2.75, 3.05) is 13.1 Å². The maximum absolute atomic E-state index is 13.7. The quantitative estimate of drug-likeness (QED) is 0.626. The predicted molar refractivity (Wildman–Crippen MR) is 111 cm³/mol. The molecule has 29 heavy (non-hydrogen) atoms.